The van der Waals surface area contributed by atoms with Gasteiger partial charge in [0.05, 0.1) is 0 Å². The number of rotatable bonds is 11. The van der Waals surface area contributed by atoms with E-state index in [2.05, 4.69) is 37.9 Å². The Hall–Kier alpha value is -1.59. The minimum absolute atomic E-state index is 0.0881. The lowest BCUT2D eigenvalue weighted by molar-refractivity contribution is -0.140. The van der Waals surface area contributed by atoms with Crippen molar-refractivity contribution >= 4 is 11.6 Å². The molecule has 1 heterocycles. The Kier molecular flexibility index (Phi) is 9.44. The predicted molar refractivity (Wildman–Crippen MR) is 120 cm³/mol. The zero-order valence-corrected chi connectivity index (χ0v) is 19.0. The molecule has 5 heteroatoms. The third-order valence-corrected chi connectivity index (χ3v) is 5.57. The minimum Gasteiger partial charge on any atom is -0.492 e. The second kappa shape index (κ2) is 11.6. The van der Waals surface area contributed by atoms with Crippen LogP contribution < -0.4 is 10.1 Å². The minimum atomic E-state index is -0.789. The number of amides is 1. The summed E-state index contributed by atoms with van der Waals surface area (Å²) in [6.45, 7) is 15.2. The molecule has 0 saturated carbocycles. The van der Waals surface area contributed by atoms with Gasteiger partial charge in [-0.1, -0.05) is 34.1 Å². The molecular weight excluding hydrogens is 364 g/mol. The first kappa shape index (κ1) is 23.7. The van der Waals surface area contributed by atoms with Crippen LogP contribution in [0, 0.1) is 11.8 Å². The van der Waals surface area contributed by atoms with Crippen LogP contribution in [-0.4, -0.2) is 49.3 Å². The molecule has 0 bridgehead atoms. The SMILES string of the molecule is CCCO[C@](C)(CCC)C(=O)Nc1ccc(OCCN2C[C@H](C)C[C@H](C)C2)cc1. The monoisotopic (exact) mass is 404 g/mol. The third kappa shape index (κ3) is 7.63. The fourth-order valence-corrected chi connectivity index (χ4v) is 4.22. The number of piperidine rings is 1. The summed E-state index contributed by atoms with van der Waals surface area (Å²) in [5, 5.41) is 2.99. The van der Waals surface area contributed by atoms with Crippen molar-refractivity contribution in [3.8, 4) is 5.75 Å². The van der Waals surface area contributed by atoms with Crippen LogP contribution in [0.15, 0.2) is 24.3 Å². The van der Waals surface area contributed by atoms with E-state index >= 15 is 0 Å². The van der Waals surface area contributed by atoms with Gasteiger partial charge in [-0.15, -0.1) is 0 Å². The second-order valence-corrected chi connectivity index (χ2v) is 8.86. The topological polar surface area (TPSA) is 50.8 Å². The lowest BCUT2D eigenvalue weighted by Crippen LogP contribution is -2.43. The Morgan fingerprint density at radius 2 is 1.76 bits per heavy atom. The third-order valence-electron chi connectivity index (χ3n) is 5.57. The number of anilines is 1. The Morgan fingerprint density at radius 1 is 1.10 bits per heavy atom. The number of nitrogens with one attached hydrogen (secondary N) is 1. The average Bonchev–Trinajstić information content (AvgIpc) is 2.67. The highest BCUT2D eigenvalue weighted by atomic mass is 16.5. The summed E-state index contributed by atoms with van der Waals surface area (Å²) in [6, 6.07) is 7.62. The van der Waals surface area contributed by atoms with Crippen molar-refractivity contribution in [3.05, 3.63) is 24.3 Å². The van der Waals surface area contributed by atoms with Crippen LogP contribution in [0.2, 0.25) is 0 Å². The maximum Gasteiger partial charge on any atom is 0.256 e. The van der Waals surface area contributed by atoms with Crippen molar-refractivity contribution in [2.75, 3.05) is 38.2 Å². The summed E-state index contributed by atoms with van der Waals surface area (Å²) in [5.41, 5.74) is -0.0220. The summed E-state index contributed by atoms with van der Waals surface area (Å²) in [7, 11) is 0. The molecule has 5 nitrogen and oxygen atoms in total. The maximum absolute atomic E-state index is 12.7. The summed E-state index contributed by atoms with van der Waals surface area (Å²) in [6.07, 6.45) is 3.82. The average molecular weight is 405 g/mol. The highest BCUT2D eigenvalue weighted by Crippen LogP contribution is 2.23. The van der Waals surface area contributed by atoms with Gasteiger partial charge < -0.3 is 14.8 Å². The van der Waals surface area contributed by atoms with Gasteiger partial charge in [0.2, 0.25) is 0 Å². The molecule has 3 atom stereocenters. The number of carbonyl (C=O) groups is 1. The fraction of sp³-hybridized carbons (Fsp3) is 0.708. The number of benzene rings is 1. The Bertz CT molecular complexity index is 609. The number of ether oxygens (including phenoxy) is 2. The summed E-state index contributed by atoms with van der Waals surface area (Å²) >= 11 is 0. The number of hydrogen-bond donors (Lipinski definition) is 1. The molecule has 29 heavy (non-hydrogen) atoms. The van der Waals surface area contributed by atoms with E-state index in [1.807, 2.05) is 31.2 Å². The van der Waals surface area contributed by atoms with E-state index in [1.54, 1.807) is 0 Å². The normalized spacial score (nSPS) is 22.1. The summed E-state index contributed by atoms with van der Waals surface area (Å²) in [5.74, 6) is 2.28. The van der Waals surface area contributed by atoms with Gasteiger partial charge >= 0.3 is 0 Å². The maximum atomic E-state index is 12.7. The van der Waals surface area contributed by atoms with Crippen molar-refractivity contribution in [1.29, 1.82) is 0 Å². The highest BCUT2D eigenvalue weighted by molar-refractivity contribution is 5.97. The molecule has 0 aromatic heterocycles. The first-order valence-corrected chi connectivity index (χ1v) is 11.3. The molecule has 1 aliphatic rings. The number of carbonyl (C=O) groups excluding carboxylic acids is 1. The Labute approximate surface area is 177 Å². The largest absolute Gasteiger partial charge is 0.492 e. The smallest absolute Gasteiger partial charge is 0.256 e. The molecule has 0 radical (unpaired) electrons. The lowest BCUT2D eigenvalue weighted by Gasteiger charge is -2.34. The van der Waals surface area contributed by atoms with Gasteiger partial charge in [-0.25, -0.2) is 0 Å². The van der Waals surface area contributed by atoms with Crippen LogP contribution in [0.4, 0.5) is 5.69 Å². The van der Waals surface area contributed by atoms with Crippen LogP contribution in [0.3, 0.4) is 0 Å². The lowest BCUT2D eigenvalue weighted by atomic mass is 9.92. The molecule has 0 spiro atoms. The number of nitrogens with zero attached hydrogens (tertiary/aromatic N) is 1. The predicted octanol–water partition coefficient (Wildman–Crippen LogP) is 4.97. The van der Waals surface area contributed by atoms with E-state index in [0.29, 0.717) is 19.6 Å². The van der Waals surface area contributed by atoms with Gasteiger partial charge in [-0.2, -0.15) is 0 Å². The van der Waals surface area contributed by atoms with E-state index in [0.717, 1.165) is 55.7 Å². The molecule has 1 N–H and O–H groups in total. The molecular formula is C24H40N2O3. The van der Waals surface area contributed by atoms with E-state index in [-0.39, 0.29) is 5.91 Å². The van der Waals surface area contributed by atoms with Crippen molar-refractivity contribution < 1.29 is 14.3 Å². The van der Waals surface area contributed by atoms with Gasteiger partial charge in [-0.3, -0.25) is 9.69 Å². The van der Waals surface area contributed by atoms with Gasteiger partial charge in [0.25, 0.3) is 5.91 Å². The standard InChI is InChI=1S/C24H40N2O3/c1-6-12-24(5,29-14-7-2)23(27)25-21-8-10-22(11-9-21)28-15-13-26-17-19(3)16-20(4)18-26/h8-11,19-20H,6-7,12-18H2,1-5H3,(H,25,27)/t19-,20+,24-/m1/s1. The quantitative estimate of drug-likeness (QED) is 0.566. The molecule has 2 rings (SSSR count). The fourth-order valence-electron chi connectivity index (χ4n) is 4.22. The van der Waals surface area contributed by atoms with Crippen LogP contribution in [0.5, 0.6) is 5.75 Å². The molecule has 1 aromatic carbocycles. The van der Waals surface area contributed by atoms with Crippen molar-refractivity contribution in [2.45, 2.75) is 65.9 Å². The zero-order valence-electron chi connectivity index (χ0n) is 19.0. The summed E-state index contributed by atoms with van der Waals surface area (Å²) in [4.78, 5) is 15.2. The Balaban J connectivity index is 1.82. The van der Waals surface area contributed by atoms with Gasteiger partial charge in [0.15, 0.2) is 0 Å². The highest BCUT2D eigenvalue weighted by Gasteiger charge is 2.33. The molecule has 1 aliphatic heterocycles. The van der Waals surface area contributed by atoms with Crippen LogP contribution in [0.25, 0.3) is 0 Å². The van der Waals surface area contributed by atoms with Crippen molar-refractivity contribution in [3.63, 3.8) is 0 Å². The number of hydrogen-bond acceptors (Lipinski definition) is 4. The molecule has 1 saturated heterocycles. The first-order chi connectivity index (χ1) is 13.9. The van der Waals surface area contributed by atoms with Crippen molar-refractivity contribution in [1.82, 2.24) is 4.90 Å². The van der Waals surface area contributed by atoms with E-state index in [1.165, 1.54) is 6.42 Å². The first-order valence-electron chi connectivity index (χ1n) is 11.3. The summed E-state index contributed by atoms with van der Waals surface area (Å²) < 4.78 is 11.8. The van der Waals surface area contributed by atoms with Gasteiger partial charge in [0.1, 0.15) is 18.0 Å². The molecule has 164 valence electrons. The van der Waals surface area contributed by atoms with Gasteiger partial charge in [0, 0.05) is 31.9 Å². The van der Waals surface area contributed by atoms with Crippen LogP contribution >= 0.6 is 0 Å². The Morgan fingerprint density at radius 3 is 2.34 bits per heavy atom. The molecule has 0 unspecified atom stereocenters. The second-order valence-electron chi connectivity index (χ2n) is 8.86. The molecule has 1 fully saturated rings. The van der Waals surface area contributed by atoms with Crippen molar-refractivity contribution in [2.24, 2.45) is 11.8 Å². The molecule has 0 aliphatic carbocycles. The van der Waals surface area contributed by atoms with E-state index in [4.69, 9.17) is 9.47 Å². The zero-order chi connectivity index (χ0) is 21.3. The van der Waals surface area contributed by atoms with E-state index in [9.17, 15) is 4.79 Å². The van der Waals surface area contributed by atoms with E-state index < -0.39 is 5.60 Å². The van der Waals surface area contributed by atoms with Gasteiger partial charge in [-0.05, 0) is 62.3 Å². The molecule has 1 amide bonds. The number of likely N-dealkylation sites (tertiary alicyclic amines) is 1. The molecule has 1 aromatic rings. The van der Waals surface area contributed by atoms with Crippen LogP contribution in [0.1, 0.15) is 60.3 Å². The van der Waals surface area contributed by atoms with Crippen LogP contribution in [-0.2, 0) is 9.53 Å².